The quantitative estimate of drug-likeness (QED) is 0.571. The number of halogens is 1. The molecular weight excluding hydrogens is 398 g/mol. The number of carbonyl (C=O) groups is 2. The third kappa shape index (κ3) is 6.46. The number of rotatable bonds is 9. The Balaban J connectivity index is 1.89. The lowest BCUT2D eigenvalue weighted by Gasteiger charge is -2.12. The van der Waals surface area contributed by atoms with E-state index in [1.165, 1.54) is 18.9 Å². The SMILES string of the molecule is CCCOC(=O)c1cccc(CSCC(=O)Nc2cc(C)c(Cl)cc2OC)c1. The highest BCUT2D eigenvalue weighted by Crippen LogP contribution is 2.31. The van der Waals surface area contributed by atoms with Crippen LogP contribution in [0.2, 0.25) is 5.02 Å². The molecule has 0 aliphatic heterocycles. The van der Waals surface area contributed by atoms with E-state index < -0.39 is 0 Å². The molecule has 0 atom stereocenters. The Bertz CT molecular complexity index is 841. The Morgan fingerprint density at radius 1 is 1.21 bits per heavy atom. The molecule has 2 aromatic carbocycles. The predicted octanol–water partition coefficient (Wildman–Crippen LogP) is 5.10. The van der Waals surface area contributed by atoms with Crippen LogP contribution in [0.15, 0.2) is 36.4 Å². The number of nitrogens with one attached hydrogen (secondary N) is 1. The van der Waals surface area contributed by atoms with Crippen LogP contribution in [-0.4, -0.2) is 31.3 Å². The number of amides is 1. The number of methoxy groups -OCH3 is 1. The van der Waals surface area contributed by atoms with Gasteiger partial charge in [-0.25, -0.2) is 4.79 Å². The number of benzene rings is 2. The summed E-state index contributed by atoms with van der Waals surface area (Å²) in [5, 5.41) is 3.44. The second-order valence-corrected chi connectivity index (χ2v) is 7.57. The van der Waals surface area contributed by atoms with Crippen molar-refractivity contribution in [2.24, 2.45) is 0 Å². The van der Waals surface area contributed by atoms with Gasteiger partial charge in [-0.3, -0.25) is 4.79 Å². The lowest BCUT2D eigenvalue weighted by Crippen LogP contribution is -2.15. The minimum Gasteiger partial charge on any atom is -0.495 e. The molecule has 7 heteroatoms. The molecule has 0 spiro atoms. The van der Waals surface area contributed by atoms with E-state index in [-0.39, 0.29) is 17.6 Å². The van der Waals surface area contributed by atoms with E-state index in [9.17, 15) is 9.59 Å². The normalized spacial score (nSPS) is 10.4. The van der Waals surface area contributed by atoms with E-state index in [4.69, 9.17) is 21.1 Å². The molecule has 0 unspecified atom stereocenters. The van der Waals surface area contributed by atoms with Crippen LogP contribution in [0.25, 0.3) is 0 Å². The molecule has 2 rings (SSSR count). The fraction of sp³-hybridized carbons (Fsp3) is 0.333. The first-order valence-electron chi connectivity index (χ1n) is 8.92. The van der Waals surface area contributed by atoms with Gasteiger partial charge in [0.1, 0.15) is 5.75 Å². The summed E-state index contributed by atoms with van der Waals surface area (Å²) < 4.78 is 10.4. The third-order valence-electron chi connectivity index (χ3n) is 3.86. The van der Waals surface area contributed by atoms with Crippen LogP contribution < -0.4 is 10.1 Å². The number of carbonyl (C=O) groups excluding carboxylic acids is 2. The van der Waals surface area contributed by atoms with Crippen molar-refractivity contribution in [2.45, 2.75) is 26.0 Å². The van der Waals surface area contributed by atoms with E-state index in [0.29, 0.717) is 34.4 Å². The largest absolute Gasteiger partial charge is 0.495 e. The maximum absolute atomic E-state index is 12.3. The number of thioether (sulfide) groups is 1. The van der Waals surface area contributed by atoms with Crippen LogP contribution in [0, 0.1) is 6.92 Å². The zero-order valence-electron chi connectivity index (χ0n) is 16.2. The zero-order chi connectivity index (χ0) is 20.5. The van der Waals surface area contributed by atoms with Gasteiger partial charge in [-0.05, 0) is 42.7 Å². The fourth-order valence-electron chi connectivity index (χ4n) is 2.44. The first kappa shape index (κ1) is 22.1. The van der Waals surface area contributed by atoms with Crippen molar-refractivity contribution in [1.82, 2.24) is 0 Å². The Morgan fingerprint density at radius 2 is 2.00 bits per heavy atom. The van der Waals surface area contributed by atoms with E-state index in [2.05, 4.69) is 5.32 Å². The van der Waals surface area contributed by atoms with Gasteiger partial charge in [-0.15, -0.1) is 11.8 Å². The van der Waals surface area contributed by atoms with Crippen molar-refractivity contribution in [2.75, 3.05) is 24.8 Å². The van der Waals surface area contributed by atoms with Crippen molar-refractivity contribution in [3.63, 3.8) is 0 Å². The van der Waals surface area contributed by atoms with Crippen LogP contribution in [-0.2, 0) is 15.3 Å². The molecule has 0 aliphatic carbocycles. The summed E-state index contributed by atoms with van der Waals surface area (Å²) in [4.78, 5) is 24.2. The van der Waals surface area contributed by atoms with Gasteiger partial charge < -0.3 is 14.8 Å². The minimum absolute atomic E-state index is 0.136. The lowest BCUT2D eigenvalue weighted by atomic mass is 10.1. The first-order chi connectivity index (χ1) is 13.4. The van der Waals surface area contributed by atoms with Gasteiger partial charge in [0.05, 0.1) is 30.7 Å². The average molecular weight is 422 g/mol. The maximum Gasteiger partial charge on any atom is 0.338 e. The van der Waals surface area contributed by atoms with Crippen molar-refractivity contribution in [1.29, 1.82) is 0 Å². The third-order valence-corrected chi connectivity index (χ3v) is 5.27. The molecule has 2 aromatic rings. The number of ether oxygens (including phenoxy) is 2. The highest BCUT2D eigenvalue weighted by Gasteiger charge is 2.11. The van der Waals surface area contributed by atoms with Crippen molar-refractivity contribution in [3.05, 3.63) is 58.1 Å². The van der Waals surface area contributed by atoms with Crippen LogP contribution >= 0.6 is 23.4 Å². The molecule has 0 saturated heterocycles. The molecule has 5 nitrogen and oxygen atoms in total. The smallest absolute Gasteiger partial charge is 0.338 e. The van der Waals surface area contributed by atoms with Crippen molar-refractivity contribution in [3.8, 4) is 5.75 Å². The van der Waals surface area contributed by atoms with E-state index in [0.717, 1.165) is 17.5 Å². The molecule has 0 radical (unpaired) electrons. The van der Waals surface area contributed by atoms with E-state index >= 15 is 0 Å². The van der Waals surface area contributed by atoms with Gasteiger partial charge in [0.15, 0.2) is 0 Å². The monoisotopic (exact) mass is 421 g/mol. The van der Waals surface area contributed by atoms with Gasteiger partial charge in [0.2, 0.25) is 5.91 Å². The van der Waals surface area contributed by atoms with E-state index in [1.54, 1.807) is 24.3 Å². The Kier molecular flexibility index (Phi) is 8.67. The standard InChI is InChI=1S/C21H24ClNO4S/c1-4-8-27-21(25)16-7-5-6-15(10-16)12-28-13-20(24)23-18-9-14(2)17(22)11-19(18)26-3/h5-7,9-11H,4,8,12-13H2,1-3H3,(H,23,24). The molecule has 0 fully saturated rings. The summed E-state index contributed by atoms with van der Waals surface area (Å²) in [6.07, 6.45) is 0.786. The number of aryl methyl sites for hydroxylation is 1. The van der Waals surface area contributed by atoms with Gasteiger partial charge in [0.25, 0.3) is 0 Å². The average Bonchev–Trinajstić information content (AvgIpc) is 2.69. The highest BCUT2D eigenvalue weighted by atomic mass is 35.5. The molecule has 0 saturated carbocycles. The zero-order valence-corrected chi connectivity index (χ0v) is 17.8. The second-order valence-electron chi connectivity index (χ2n) is 6.18. The Labute approximate surface area is 174 Å². The minimum atomic E-state index is -0.323. The topological polar surface area (TPSA) is 64.6 Å². The second kappa shape index (κ2) is 11.0. The van der Waals surface area contributed by atoms with Gasteiger partial charge in [-0.2, -0.15) is 0 Å². The number of anilines is 1. The number of hydrogen-bond acceptors (Lipinski definition) is 5. The molecule has 28 heavy (non-hydrogen) atoms. The van der Waals surface area contributed by atoms with Gasteiger partial charge in [0, 0.05) is 16.8 Å². The summed E-state index contributed by atoms with van der Waals surface area (Å²) >= 11 is 7.55. The summed E-state index contributed by atoms with van der Waals surface area (Å²) in [6, 6.07) is 10.7. The molecule has 150 valence electrons. The molecule has 0 heterocycles. The molecule has 1 amide bonds. The van der Waals surface area contributed by atoms with Crippen molar-refractivity contribution < 1.29 is 19.1 Å². The van der Waals surface area contributed by atoms with Crippen molar-refractivity contribution >= 4 is 40.9 Å². The molecule has 1 N–H and O–H groups in total. The highest BCUT2D eigenvalue weighted by molar-refractivity contribution is 7.99. The molecule has 0 aromatic heterocycles. The van der Waals surface area contributed by atoms with Crippen LogP contribution in [0.4, 0.5) is 5.69 Å². The Hall–Kier alpha value is -2.18. The van der Waals surface area contributed by atoms with Crippen LogP contribution in [0.1, 0.15) is 34.8 Å². The summed E-state index contributed by atoms with van der Waals surface area (Å²) in [6.45, 7) is 4.22. The molecular formula is C21H24ClNO4S. The lowest BCUT2D eigenvalue weighted by molar-refractivity contribution is -0.113. The maximum atomic E-state index is 12.3. The van der Waals surface area contributed by atoms with Crippen LogP contribution in [0.3, 0.4) is 0 Å². The molecule has 0 bridgehead atoms. The van der Waals surface area contributed by atoms with Crippen LogP contribution in [0.5, 0.6) is 5.75 Å². The van der Waals surface area contributed by atoms with Gasteiger partial charge >= 0.3 is 5.97 Å². The number of esters is 1. The first-order valence-corrected chi connectivity index (χ1v) is 10.5. The number of hydrogen-bond donors (Lipinski definition) is 1. The van der Waals surface area contributed by atoms with E-state index in [1.807, 2.05) is 26.0 Å². The Morgan fingerprint density at radius 3 is 2.71 bits per heavy atom. The fourth-order valence-corrected chi connectivity index (χ4v) is 3.37. The molecule has 0 aliphatic rings. The summed E-state index contributed by atoms with van der Waals surface area (Å²) in [7, 11) is 1.53. The van der Waals surface area contributed by atoms with Gasteiger partial charge in [-0.1, -0.05) is 30.7 Å². The summed E-state index contributed by atoms with van der Waals surface area (Å²) in [5.74, 6) is 0.946. The predicted molar refractivity (Wildman–Crippen MR) is 115 cm³/mol. The summed E-state index contributed by atoms with van der Waals surface area (Å²) in [5.41, 5.74) is 2.94.